The first-order valence-electron chi connectivity index (χ1n) is 28.1. The summed E-state index contributed by atoms with van der Waals surface area (Å²) in [6, 6.07) is 0. The minimum Gasteiger partial charge on any atom is -0.462 e. The molecule has 65 heavy (non-hydrogen) atoms. The van der Waals surface area contributed by atoms with Crippen molar-refractivity contribution in [3.05, 3.63) is 48.6 Å². The Morgan fingerprint density at radius 3 is 0.954 bits per heavy atom. The third-order valence-electron chi connectivity index (χ3n) is 12.3. The van der Waals surface area contributed by atoms with E-state index in [4.69, 9.17) is 14.2 Å². The lowest BCUT2D eigenvalue weighted by molar-refractivity contribution is -0.167. The lowest BCUT2D eigenvalue weighted by Crippen LogP contribution is -2.30. The second-order valence-electron chi connectivity index (χ2n) is 18.8. The van der Waals surface area contributed by atoms with E-state index >= 15 is 0 Å². The van der Waals surface area contributed by atoms with Gasteiger partial charge in [0.25, 0.3) is 0 Å². The second kappa shape index (κ2) is 54.0. The van der Waals surface area contributed by atoms with Gasteiger partial charge in [-0.25, -0.2) is 0 Å². The molecule has 0 saturated carbocycles. The summed E-state index contributed by atoms with van der Waals surface area (Å²) in [5.74, 6) is -0.884. The van der Waals surface area contributed by atoms with Gasteiger partial charge in [0.2, 0.25) is 0 Å². The number of rotatable bonds is 51. The molecule has 0 amide bonds. The zero-order valence-electron chi connectivity index (χ0n) is 43.3. The highest BCUT2D eigenvalue weighted by molar-refractivity contribution is 5.71. The van der Waals surface area contributed by atoms with E-state index in [1.807, 2.05) is 0 Å². The third-order valence-corrected chi connectivity index (χ3v) is 12.3. The average Bonchev–Trinajstić information content (AvgIpc) is 3.30. The lowest BCUT2D eigenvalue weighted by Gasteiger charge is -2.18. The molecule has 0 radical (unpaired) electrons. The van der Waals surface area contributed by atoms with E-state index in [2.05, 4.69) is 69.4 Å². The summed E-state index contributed by atoms with van der Waals surface area (Å²) in [4.78, 5) is 38.1. The normalized spacial score (nSPS) is 12.4. The van der Waals surface area contributed by atoms with E-state index in [0.717, 1.165) is 96.3 Å². The molecule has 0 spiro atoms. The molecule has 0 aliphatic heterocycles. The fourth-order valence-electron chi connectivity index (χ4n) is 8.10. The predicted octanol–water partition coefficient (Wildman–Crippen LogP) is 18.7. The molecule has 0 N–H and O–H groups in total. The molecule has 1 unspecified atom stereocenters. The molecule has 1 atom stereocenters. The SMILES string of the molecule is CC/C=C\C/C=C\C/C=C\CCCCCCCC(=O)OC(COC(=O)CCCCCCCCCCC/C=C\CCCCCCCC)COC(=O)CCCCCCCCCCCCCCC. The summed E-state index contributed by atoms with van der Waals surface area (Å²) in [7, 11) is 0. The van der Waals surface area contributed by atoms with Gasteiger partial charge in [0.15, 0.2) is 6.10 Å². The number of hydrogen-bond acceptors (Lipinski definition) is 6. The first-order valence-corrected chi connectivity index (χ1v) is 28.1. The standard InChI is InChI=1S/C59H106O6/c1-4-7-10-13-16-19-22-25-27-28-29-30-32-34-37-40-43-46-49-52-58(61)64-55-56(54-63-57(60)51-48-45-42-39-36-33-24-21-18-15-12-9-6-3)65-59(62)53-50-47-44-41-38-35-31-26-23-20-17-14-11-8-5-2/h8,11,17,20,25-27,31,56H,4-7,9-10,12-16,18-19,21-24,28-30,32-55H2,1-3H3/b11-8-,20-17-,27-25-,31-26-. The number of carbonyl (C=O) groups excluding carboxylic acids is 3. The maximum Gasteiger partial charge on any atom is 0.306 e. The minimum absolute atomic E-state index is 0.0779. The van der Waals surface area contributed by atoms with Crippen LogP contribution in [0.3, 0.4) is 0 Å². The Morgan fingerprint density at radius 1 is 0.323 bits per heavy atom. The molecule has 6 heteroatoms. The maximum absolute atomic E-state index is 12.8. The Balaban J connectivity index is 4.35. The number of carbonyl (C=O) groups is 3. The quantitative estimate of drug-likeness (QED) is 0.0262. The Hall–Kier alpha value is -2.63. The summed E-state index contributed by atoms with van der Waals surface area (Å²) in [5, 5.41) is 0. The average molecular weight is 911 g/mol. The number of ether oxygens (including phenoxy) is 3. The van der Waals surface area contributed by atoms with Crippen molar-refractivity contribution in [2.75, 3.05) is 13.2 Å². The third kappa shape index (κ3) is 52.2. The van der Waals surface area contributed by atoms with Crippen molar-refractivity contribution >= 4 is 17.9 Å². The van der Waals surface area contributed by atoms with Gasteiger partial charge in [-0.05, 0) is 77.0 Å². The predicted molar refractivity (Wildman–Crippen MR) is 279 cm³/mol. The monoisotopic (exact) mass is 911 g/mol. The first kappa shape index (κ1) is 62.4. The fourth-order valence-corrected chi connectivity index (χ4v) is 8.10. The van der Waals surface area contributed by atoms with Crippen LogP contribution in [0.15, 0.2) is 48.6 Å². The van der Waals surface area contributed by atoms with E-state index in [9.17, 15) is 14.4 Å². The first-order chi connectivity index (χ1) is 32.0. The highest BCUT2D eigenvalue weighted by Gasteiger charge is 2.19. The van der Waals surface area contributed by atoms with Crippen LogP contribution < -0.4 is 0 Å². The fraction of sp³-hybridized carbons (Fsp3) is 0.814. The molecule has 0 fully saturated rings. The summed E-state index contributed by atoms with van der Waals surface area (Å²) in [6.07, 6.45) is 65.3. The number of unbranched alkanes of at least 4 members (excludes halogenated alkanes) is 32. The van der Waals surface area contributed by atoms with Crippen molar-refractivity contribution in [1.82, 2.24) is 0 Å². The van der Waals surface area contributed by atoms with Gasteiger partial charge in [-0.3, -0.25) is 14.4 Å². The van der Waals surface area contributed by atoms with Crippen LogP contribution in [0, 0.1) is 0 Å². The number of allylic oxidation sites excluding steroid dienone is 8. The molecule has 0 aliphatic rings. The molecule has 0 aromatic heterocycles. The van der Waals surface area contributed by atoms with Crippen molar-refractivity contribution in [2.45, 2.75) is 297 Å². The largest absolute Gasteiger partial charge is 0.462 e. The van der Waals surface area contributed by atoms with Crippen molar-refractivity contribution in [2.24, 2.45) is 0 Å². The van der Waals surface area contributed by atoms with Crippen LogP contribution in [0.25, 0.3) is 0 Å². The molecule has 0 aliphatic carbocycles. The van der Waals surface area contributed by atoms with Crippen LogP contribution in [0.5, 0.6) is 0 Å². The summed E-state index contributed by atoms with van der Waals surface area (Å²) < 4.78 is 16.8. The molecule has 0 rings (SSSR count). The van der Waals surface area contributed by atoms with E-state index in [-0.39, 0.29) is 31.1 Å². The van der Waals surface area contributed by atoms with Gasteiger partial charge in [0, 0.05) is 19.3 Å². The molecular weight excluding hydrogens is 805 g/mol. The van der Waals surface area contributed by atoms with Gasteiger partial charge in [0.05, 0.1) is 0 Å². The van der Waals surface area contributed by atoms with Crippen LogP contribution in [0.1, 0.15) is 290 Å². The van der Waals surface area contributed by atoms with Gasteiger partial charge in [-0.2, -0.15) is 0 Å². The molecule has 0 aromatic carbocycles. The van der Waals surface area contributed by atoms with Crippen molar-refractivity contribution < 1.29 is 28.6 Å². The molecule has 0 aromatic rings. The zero-order chi connectivity index (χ0) is 47.2. The van der Waals surface area contributed by atoms with Gasteiger partial charge in [-0.15, -0.1) is 0 Å². The van der Waals surface area contributed by atoms with Crippen molar-refractivity contribution in [3.63, 3.8) is 0 Å². The van der Waals surface area contributed by atoms with Gasteiger partial charge >= 0.3 is 17.9 Å². The molecule has 0 heterocycles. The van der Waals surface area contributed by atoms with Crippen molar-refractivity contribution in [1.29, 1.82) is 0 Å². The van der Waals surface area contributed by atoms with Crippen molar-refractivity contribution in [3.8, 4) is 0 Å². The van der Waals surface area contributed by atoms with E-state index in [1.165, 1.54) is 154 Å². The van der Waals surface area contributed by atoms with Crippen LogP contribution >= 0.6 is 0 Å². The Bertz CT molecular complexity index is 1140. The molecule has 378 valence electrons. The highest BCUT2D eigenvalue weighted by Crippen LogP contribution is 2.16. The van der Waals surface area contributed by atoms with Crippen LogP contribution in [0.2, 0.25) is 0 Å². The maximum atomic E-state index is 12.8. The topological polar surface area (TPSA) is 78.9 Å². The summed E-state index contributed by atoms with van der Waals surface area (Å²) in [6.45, 7) is 6.54. The van der Waals surface area contributed by atoms with E-state index in [0.29, 0.717) is 19.3 Å². The number of hydrogen-bond donors (Lipinski definition) is 0. The zero-order valence-corrected chi connectivity index (χ0v) is 43.3. The second-order valence-corrected chi connectivity index (χ2v) is 18.8. The minimum atomic E-state index is -0.780. The van der Waals surface area contributed by atoms with Crippen LogP contribution in [0.4, 0.5) is 0 Å². The summed E-state index contributed by atoms with van der Waals surface area (Å²) >= 11 is 0. The summed E-state index contributed by atoms with van der Waals surface area (Å²) in [5.41, 5.74) is 0. The number of esters is 3. The molecule has 6 nitrogen and oxygen atoms in total. The molecule has 0 bridgehead atoms. The van der Waals surface area contributed by atoms with Gasteiger partial charge in [0.1, 0.15) is 13.2 Å². The van der Waals surface area contributed by atoms with Crippen LogP contribution in [-0.4, -0.2) is 37.2 Å². The Kier molecular flexibility index (Phi) is 51.8. The van der Waals surface area contributed by atoms with E-state index < -0.39 is 6.10 Å². The Labute approximate surface area is 403 Å². The van der Waals surface area contributed by atoms with Gasteiger partial charge < -0.3 is 14.2 Å². The Morgan fingerprint density at radius 2 is 0.600 bits per heavy atom. The smallest absolute Gasteiger partial charge is 0.306 e. The molecule has 0 saturated heterocycles. The van der Waals surface area contributed by atoms with Gasteiger partial charge in [-0.1, -0.05) is 243 Å². The lowest BCUT2D eigenvalue weighted by atomic mass is 10.0. The van der Waals surface area contributed by atoms with Crippen LogP contribution in [-0.2, 0) is 28.6 Å². The molecular formula is C59H106O6. The van der Waals surface area contributed by atoms with E-state index in [1.54, 1.807) is 0 Å². The highest BCUT2D eigenvalue weighted by atomic mass is 16.6.